The highest BCUT2D eigenvalue weighted by Gasteiger charge is 2.40. The second-order valence-electron chi connectivity index (χ2n) is 3.41. The van der Waals surface area contributed by atoms with Crippen LogP contribution in [0.5, 0.6) is 5.75 Å². The number of nitrogens with one attached hydrogen (secondary N) is 1. The van der Waals surface area contributed by atoms with Gasteiger partial charge in [-0.1, -0.05) is 11.6 Å². The first-order valence-electron chi connectivity index (χ1n) is 4.66. The number of amides is 1. The summed E-state index contributed by atoms with van der Waals surface area (Å²) in [4.78, 5) is 11.4. The Morgan fingerprint density at radius 3 is 2.61 bits per heavy atom. The molecule has 0 aliphatic heterocycles. The van der Waals surface area contributed by atoms with Crippen molar-refractivity contribution >= 4 is 17.5 Å². The molecule has 0 unspecified atom stereocenters. The number of aromatic hydroxyl groups is 1. The Hall–Kier alpha value is -1.50. The summed E-state index contributed by atoms with van der Waals surface area (Å²) in [6, 6.07) is 3.40. The fourth-order valence-corrected chi connectivity index (χ4v) is 1.23. The van der Waals surface area contributed by atoms with Gasteiger partial charge in [0.05, 0.1) is 12.1 Å². The van der Waals surface area contributed by atoms with Gasteiger partial charge in [0.2, 0.25) is 0 Å². The molecule has 1 aromatic rings. The lowest BCUT2D eigenvalue weighted by Gasteiger charge is -2.16. The Balaban J connectivity index is 2.75. The lowest BCUT2D eigenvalue weighted by atomic mass is 10.2. The molecule has 0 aliphatic rings. The van der Waals surface area contributed by atoms with E-state index < -0.39 is 30.5 Å². The van der Waals surface area contributed by atoms with Crippen LogP contribution in [0.15, 0.2) is 18.2 Å². The fraction of sp³-hybridized carbons (Fsp3) is 0.300. The van der Waals surface area contributed by atoms with Crippen molar-refractivity contribution < 1.29 is 27.5 Å². The second-order valence-corrected chi connectivity index (χ2v) is 3.84. The normalized spacial score (nSPS) is 11.7. The number of halogens is 5. The minimum Gasteiger partial charge on any atom is -0.507 e. The van der Waals surface area contributed by atoms with Crippen LogP contribution in [-0.2, 0) is 0 Å². The van der Waals surface area contributed by atoms with Gasteiger partial charge in [0.1, 0.15) is 5.75 Å². The van der Waals surface area contributed by atoms with Gasteiger partial charge < -0.3 is 10.4 Å². The number of phenolic OH excluding ortho intramolecular Hbond substituents is 1. The average molecular weight is 286 g/mol. The van der Waals surface area contributed by atoms with Crippen LogP contribution in [0, 0.1) is 0 Å². The summed E-state index contributed by atoms with van der Waals surface area (Å²) < 4.78 is 48.8. The molecule has 18 heavy (non-hydrogen) atoms. The van der Waals surface area contributed by atoms with Crippen LogP contribution in [-0.4, -0.2) is 29.9 Å². The van der Waals surface area contributed by atoms with E-state index in [1.807, 2.05) is 0 Å². The summed E-state index contributed by atoms with van der Waals surface area (Å²) in [7, 11) is 0. The summed E-state index contributed by atoms with van der Waals surface area (Å²) in [5.41, 5.74) is -0.368. The number of phenols is 1. The molecular formula is C10H8ClF4NO2. The summed E-state index contributed by atoms with van der Waals surface area (Å²) >= 11 is 5.54. The Kier molecular flexibility index (Phi) is 4.39. The Bertz CT molecular complexity index is 454. The topological polar surface area (TPSA) is 49.3 Å². The Labute approximate surface area is 104 Å². The molecule has 100 valence electrons. The third kappa shape index (κ3) is 3.49. The predicted octanol–water partition coefficient (Wildman–Crippen LogP) is 2.68. The van der Waals surface area contributed by atoms with Gasteiger partial charge in [-0.3, -0.25) is 4.79 Å². The molecule has 2 N–H and O–H groups in total. The Morgan fingerprint density at radius 2 is 2.06 bits per heavy atom. The van der Waals surface area contributed by atoms with Gasteiger partial charge in [-0.15, -0.1) is 0 Å². The number of carbonyl (C=O) groups is 1. The van der Waals surface area contributed by atoms with Gasteiger partial charge in [-0.25, -0.2) is 8.78 Å². The molecule has 3 nitrogen and oxygen atoms in total. The van der Waals surface area contributed by atoms with E-state index in [-0.39, 0.29) is 10.6 Å². The number of hydrogen-bond acceptors (Lipinski definition) is 2. The van der Waals surface area contributed by atoms with Crippen molar-refractivity contribution in [3.05, 3.63) is 28.8 Å². The van der Waals surface area contributed by atoms with E-state index in [1.54, 1.807) is 5.32 Å². The molecule has 0 atom stereocenters. The molecule has 0 aliphatic carbocycles. The third-order valence-electron chi connectivity index (χ3n) is 2.01. The van der Waals surface area contributed by atoms with Gasteiger partial charge in [-0.05, 0) is 18.2 Å². The summed E-state index contributed by atoms with van der Waals surface area (Å²) in [5.74, 6) is -5.93. The number of rotatable bonds is 4. The molecule has 0 heterocycles. The smallest absolute Gasteiger partial charge is 0.324 e. The maximum absolute atomic E-state index is 12.5. The average Bonchev–Trinajstić information content (AvgIpc) is 2.29. The zero-order valence-electron chi connectivity index (χ0n) is 8.76. The molecule has 0 spiro atoms. The van der Waals surface area contributed by atoms with Crippen molar-refractivity contribution in [1.29, 1.82) is 0 Å². The van der Waals surface area contributed by atoms with E-state index in [2.05, 4.69) is 0 Å². The van der Waals surface area contributed by atoms with Crippen molar-refractivity contribution in [3.8, 4) is 5.75 Å². The summed E-state index contributed by atoms with van der Waals surface area (Å²) in [6.45, 7) is -1.53. The lowest BCUT2D eigenvalue weighted by molar-refractivity contribution is -0.123. The molecule has 0 saturated heterocycles. The maximum atomic E-state index is 12.5. The fourth-order valence-electron chi connectivity index (χ4n) is 1.06. The highest BCUT2D eigenvalue weighted by atomic mass is 35.5. The van der Waals surface area contributed by atoms with Gasteiger partial charge in [0.25, 0.3) is 5.91 Å². The SMILES string of the molecule is O=C(NCC(F)(F)C(F)F)c1cc(Cl)ccc1O. The summed E-state index contributed by atoms with van der Waals surface area (Å²) in [5, 5.41) is 11.0. The van der Waals surface area contributed by atoms with E-state index in [1.165, 1.54) is 6.07 Å². The largest absolute Gasteiger partial charge is 0.507 e. The van der Waals surface area contributed by atoms with Crippen LogP contribution in [0.3, 0.4) is 0 Å². The van der Waals surface area contributed by atoms with Crippen molar-refractivity contribution in [2.45, 2.75) is 12.3 Å². The first kappa shape index (κ1) is 14.6. The first-order chi connectivity index (χ1) is 8.24. The highest BCUT2D eigenvalue weighted by Crippen LogP contribution is 2.23. The van der Waals surface area contributed by atoms with Crippen molar-refractivity contribution in [2.24, 2.45) is 0 Å². The zero-order chi connectivity index (χ0) is 13.9. The molecule has 0 radical (unpaired) electrons. The van der Waals surface area contributed by atoms with Gasteiger partial charge in [0.15, 0.2) is 0 Å². The molecule has 1 rings (SSSR count). The molecule has 8 heteroatoms. The molecule has 0 aromatic heterocycles. The quantitative estimate of drug-likeness (QED) is 0.836. The van der Waals surface area contributed by atoms with Crippen LogP contribution in [0.4, 0.5) is 17.6 Å². The predicted molar refractivity (Wildman–Crippen MR) is 56.4 cm³/mol. The van der Waals surface area contributed by atoms with Crippen LogP contribution >= 0.6 is 11.6 Å². The van der Waals surface area contributed by atoms with Crippen LogP contribution in [0.2, 0.25) is 5.02 Å². The first-order valence-corrected chi connectivity index (χ1v) is 5.04. The Morgan fingerprint density at radius 1 is 1.44 bits per heavy atom. The number of carbonyl (C=O) groups excluding carboxylic acids is 1. The molecule has 0 fully saturated rings. The number of alkyl halides is 4. The van der Waals surface area contributed by atoms with E-state index in [0.29, 0.717) is 0 Å². The standard InChI is InChI=1S/C10H8ClF4NO2/c11-5-1-2-7(17)6(3-5)8(18)16-4-10(14,15)9(12)13/h1-3,9,17H,4H2,(H,16,18). The van der Waals surface area contributed by atoms with Crippen molar-refractivity contribution in [1.82, 2.24) is 5.32 Å². The maximum Gasteiger partial charge on any atom is 0.324 e. The van der Waals surface area contributed by atoms with Crippen LogP contribution in [0.1, 0.15) is 10.4 Å². The van der Waals surface area contributed by atoms with E-state index >= 15 is 0 Å². The lowest BCUT2D eigenvalue weighted by Crippen LogP contribution is -2.41. The number of benzene rings is 1. The zero-order valence-corrected chi connectivity index (χ0v) is 9.52. The van der Waals surface area contributed by atoms with Crippen LogP contribution < -0.4 is 5.32 Å². The van der Waals surface area contributed by atoms with E-state index in [4.69, 9.17) is 11.6 Å². The molecule has 0 bridgehead atoms. The number of hydrogen-bond donors (Lipinski definition) is 2. The van der Waals surface area contributed by atoms with Crippen LogP contribution in [0.25, 0.3) is 0 Å². The minimum atomic E-state index is -4.33. The minimum absolute atomic E-state index is 0.0959. The van der Waals surface area contributed by atoms with E-state index in [9.17, 15) is 27.5 Å². The molecule has 1 amide bonds. The van der Waals surface area contributed by atoms with E-state index in [0.717, 1.165) is 12.1 Å². The summed E-state index contributed by atoms with van der Waals surface area (Å²) in [6.07, 6.45) is -3.88. The van der Waals surface area contributed by atoms with Gasteiger partial charge in [0, 0.05) is 5.02 Å². The van der Waals surface area contributed by atoms with Gasteiger partial charge >= 0.3 is 12.3 Å². The highest BCUT2D eigenvalue weighted by molar-refractivity contribution is 6.31. The third-order valence-corrected chi connectivity index (χ3v) is 2.24. The van der Waals surface area contributed by atoms with Gasteiger partial charge in [-0.2, -0.15) is 8.78 Å². The van der Waals surface area contributed by atoms with Crippen molar-refractivity contribution in [2.75, 3.05) is 6.54 Å². The monoisotopic (exact) mass is 285 g/mol. The molecular weight excluding hydrogens is 278 g/mol. The second kappa shape index (κ2) is 5.43. The molecule has 0 saturated carbocycles. The van der Waals surface area contributed by atoms with Crippen molar-refractivity contribution in [3.63, 3.8) is 0 Å². The molecule has 1 aromatic carbocycles.